The predicted octanol–water partition coefficient (Wildman–Crippen LogP) is 0.0928. The minimum Gasteiger partial charge on any atom is -0.315 e. The molecule has 2 aliphatic heterocycles. The van der Waals surface area contributed by atoms with E-state index in [2.05, 4.69) is 35.5 Å². The molecule has 3 heterocycles. The number of hydrogen-bond donors (Lipinski definition) is 3. The number of benzene rings is 2. The van der Waals surface area contributed by atoms with E-state index in [1.807, 2.05) is 0 Å². The molecule has 1 saturated heterocycles. The molecule has 1 atom stereocenters. The van der Waals surface area contributed by atoms with Crippen molar-refractivity contribution in [3.8, 4) is 11.1 Å². The van der Waals surface area contributed by atoms with E-state index < -0.39 is 29.8 Å². The molecule has 0 bridgehead atoms. The number of sulfonamides is 2. The quantitative estimate of drug-likeness (QED) is 0.425. The lowest BCUT2D eigenvalue weighted by Crippen LogP contribution is -2.37. The van der Waals surface area contributed by atoms with Gasteiger partial charge in [-0.25, -0.2) is 31.7 Å². The number of nitrogens with two attached hydrogens (primary N) is 1. The van der Waals surface area contributed by atoms with Crippen LogP contribution in [0.3, 0.4) is 0 Å². The maximum absolute atomic E-state index is 13.3. The molecule has 3 aromatic rings. The van der Waals surface area contributed by atoms with Crippen molar-refractivity contribution >= 4 is 36.9 Å². The summed E-state index contributed by atoms with van der Waals surface area (Å²) in [6.45, 7) is 1.07. The van der Waals surface area contributed by atoms with Gasteiger partial charge in [-0.3, -0.25) is 0 Å². The number of amidine groups is 1. The Morgan fingerprint density at radius 3 is 2.62 bits per heavy atom. The molecule has 13 nitrogen and oxygen atoms in total. The molecule has 2 aromatic carbocycles. The molecule has 5 rings (SSSR count). The summed E-state index contributed by atoms with van der Waals surface area (Å²) in [6, 6.07) is 7.59. The van der Waals surface area contributed by atoms with E-state index in [0.29, 0.717) is 41.7 Å². The van der Waals surface area contributed by atoms with Gasteiger partial charge in [-0.05, 0) is 30.7 Å². The Bertz CT molecular complexity index is 1570. The second-order valence-electron chi connectivity index (χ2n) is 7.90. The Kier molecular flexibility index (Phi) is 5.52. The number of azo groups is 1. The van der Waals surface area contributed by atoms with Crippen molar-refractivity contribution in [2.45, 2.75) is 22.3 Å². The van der Waals surface area contributed by atoms with Gasteiger partial charge in [0.25, 0.3) is 0 Å². The van der Waals surface area contributed by atoms with Crippen LogP contribution < -0.4 is 15.2 Å². The van der Waals surface area contributed by atoms with Crippen LogP contribution in [0.1, 0.15) is 12.0 Å². The summed E-state index contributed by atoms with van der Waals surface area (Å²) in [4.78, 5) is 4.49. The minimum absolute atomic E-state index is 0.0167. The summed E-state index contributed by atoms with van der Waals surface area (Å²) >= 11 is 0. The van der Waals surface area contributed by atoms with Crippen LogP contribution in [-0.4, -0.2) is 63.5 Å². The summed E-state index contributed by atoms with van der Waals surface area (Å²) in [6.07, 6.45) is 0.574. The van der Waals surface area contributed by atoms with Crippen molar-refractivity contribution in [2.24, 2.45) is 27.4 Å². The van der Waals surface area contributed by atoms with E-state index in [0.717, 1.165) is 0 Å². The maximum Gasteiger partial charge on any atom is 0.242 e. The summed E-state index contributed by atoms with van der Waals surface area (Å²) in [5.74, 6) is -0.0282. The third-order valence-electron chi connectivity index (χ3n) is 5.55. The van der Waals surface area contributed by atoms with Crippen LogP contribution in [0.2, 0.25) is 0 Å². The van der Waals surface area contributed by atoms with Crippen LogP contribution in [0.4, 0.5) is 0 Å². The molecule has 0 amide bonds. The Morgan fingerprint density at radius 1 is 1.12 bits per heavy atom. The van der Waals surface area contributed by atoms with Gasteiger partial charge in [0.2, 0.25) is 20.0 Å². The van der Waals surface area contributed by atoms with Gasteiger partial charge in [0, 0.05) is 25.2 Å². The molecule has 0 aliphatic carbocycles. The van der Waals surface area contributed by atoms with E-state index >= 15 is 0 Å². The lowest BCUT2D eigenvalue weighted by atomic mass is 9.97. The number of aryl methyl sites for hydroxylation is 1. The number of fused-ring (bicyclic) bond motifs is 1. The molecule has 34 heavy (non-hydrogen) atoms. The molecule has 0 spiro atoms. The van der Waals surface area contributed by atoms with E-state index in [1.165, 1.54) is 16.9 Å². The van der Waals surface area contributed by atoms with Crippen LogP contribution in [-0.2, 0) is 27.1 Å². The van der Waals surface area contributed by atoms with Gasteiger partial charge >= 0.3 is 0 Å². The summed E-state index contributed by atoms with van der Waals surface area (Å²) in [7, 11) is -7.15. The fourth-order valence-corrected chi connectivity index (χ4v) is 7.03. The third kappa shape index (κ3) is 4.01. The highest BCUT2D eigenvalue weighted by Gasteiger charge is 2.34. The van der Waals surface area contributed by atoms with Gasteiger partial charge in [0.15, 0.2) is 12.5 Å². The number of hydrogen-bond acceptors (Lipinski definition) is 10. The average Bonchev–Trinajstić information content (AvgIpc) is 3.53. The molecule has 0 unspecified atom stereocenters. The highest BCUT2D eigenvalue weighted by Crippen LogP contribution is 2.37. The van der Waals surface area contributed by atoms with Crippen LogP contribution in [0.25, 0.3) is 22.2 Å². The average molecular weight is 504 g/mol. The lowest BCUT2D eigenvalue weighted by Gasteiger charge is -2.18. The minimum atomic E-state index is -4.56. The number of rotatable bonds is 6. The second kappa shape index (κ2) is 8.28. The molecule has 1 fully saturated rings. The number of primary sulfonamides is 1. The smallest absolute Gasteiger partial charge is 0.242 e. The molecular weight excluding hydrogens is 482 g/mol. The fraction of sp³-hybridized carbons (Fsp3) is 0.316. The van der Waals surface area contributed by atoms with Gasteiger partial charge in [-0.15, -0.1) is 5.11 Å². The highest BCUT2D eigenvalue weighted by atomic mass is 32.2. The molecule has 15 heteroatoms. The topological polar surface area (TPSA) is 186 Å². The van der Waals surface area contributed by atoms with Crippen molar-refractivity contribution in [1.82, 2.24) is 25.0 Å². The van der Waals surface area contributed by atoms with Crippen LogP contribution in [0, 0.1) is 0 Å². The molecule has 0 saturated carbocycles. The summed E-state index contributed by atoms with van der Waals surface area (Å²) in [5.41, 5.74) is 1.89. The van der Waals surface area contributed by atoms with E-state index in [1.54, 1.807) is 25.2 Å². The Balaban J connectivity index is 1.82. The SMILES string of the molecule is Cn1nc2cccc(-c3ccc(S(=O)(=O)N[C@@H]4CCNC4)c(S(N)(=O)=O)c3C3=NCN=N3)c2n1. The van der Waals surface area contributed by atoms with Gasteiger partial charge in [-0.2, -0.15) is 20.1 Å². The first-order chi connectivity index (χ1) is 16.1. The van der Waals surface area contributed by atoms with Crippen LogP contribution >= 0.6 is 0 Å². The van der Waals surface area contributed by atoms with E-state index in [-0.39, 0.29) is 24.1 Å². The first kappa shape index (κ1) is 22.7. The van der Waals surface area contributed by atoms with Gasteiger partial charge in [0.1, 0.15) is 20.8 Å². The largest absolute Gasteiger partial charge is 0.315 e. The molecule has 2 aliphatic rings. The first-order valence-electron chi connectivity index (χ1n) is 10.3. The Labute approximate surface area is 195 Å². The normalized spacial score (nSPS) is 18.6. The molecular formula is C19H21N9O4S2. The van der Waals surface area contributed by atoms with Crippen molar-refractivity contribution in [3.05, 3.63) is 35.9 Å². The van der Waals surface area contributed by atoms with Gasteiger partial charge in [0.05, 0.1) is 5.56 Å². The van der Waals surface area contributed by atoms with E-state index in [9.17, 15) is 16.8 Å². The first-order valence-corrected chi connectivity index (χ1v) is 13.3. The zero-order valence-electron chi connectivity index (χ0n) is 18.0. The number of nitrogens with one attached hydrogen (secondary N) is 2. The van der Waals surface area contributed by atoms with E-state index in [4.69, 9.17) is 5.14 Å². The molecule has 1 aromatic heterocycles. The highest BCUT2D eigenvalue weighted by molar-refractivity contribution is 7.92. The number of nitrogens with zero attached hydrogens (tertiary/aromatic N) is 6. The van der Waals surface area contributed by atoms with Gasteiger partial charge < -0.3 is 5.32 Å². The van der Waals surface area contributed by atoms with Crippen LogP contribution in [0.15, 0.2) is 55.3 Å². The van der Waals surface area contributed by atoms with Crippen LogP contribution in [0.5, 0.6) is 0 Å². The molecule has 4 N–H and O–H groups in total. The third-order valence-corrected chi connectivity index (χ3v) is 8.24. The second-order valence-corrected chi connectivity index (χ2v) is 11.1. The molecule has 0 radical (unpaired) electrons. The zero-order valence-corrected chi connectivity index (χ0v) is 19.6. The number of aliphatic imine (C=N–C) groups is 1. The standard InChI is InChI=1S/C19H21N9O4S2/c1-28-25-14-4-2-3-13(17(14)26-28)12-5-6-15(34(31,32)27-11-7-8-21-9-11)18(33(20,29)30)16(12)19-22-10-23-24-19/h2-6,11,21,27H,7-10H2,1H3,(H2,20,29,30)/t11-/m1/s1. The monoisotopic (exact) mass is 503 g/mol. The lowest BCUT2D eigenvalue weighted by molar-refractivity contribution is 0.555. The Morgan fingerprint density at radius 2 is 1.94 bits per heavy atom. The van der Waals surface area contributed by atoms with Crippen molar-refractivity contribution < 1.29 is 16.8 Å². The summed E-state index contributed by atoms with van der Waals surface area (Å²) < 4.78 is 54.9. The molecule has 178 valence electrons. The van der Waals surface area contributed by atoms with Crippen molar-refractivity contribution in [3.63, 3.8) is 0 Å². The predicted molar refractivity (Wildman–Crippen MR) is 123 cm³/mol. The maximum atomic E-state index is 13.3. The van der Waals surface area contributed by atoms with Crippen molar-refractivity contribution in [2.75, 3.05) is 19.8 Å². The fourth-order valence-electron chi connectivity index (χ4n) is 4.16. The number of aromatic nitrogens is 3. The van der Waals surface area contributed by atoms with Crippen molar-refractivity contribution in [1.29, 1.82) is 0 Å². The van der Waals surface area contributed by atoms with Gasteiger partial charge in [-0.1, -0.05) is 18.2 Å². The summed E-state index contributed by atoms with van der Waals surface area (Å²) in [5, 5.41) is 25.1. The Hall–Kier alpha value is -3.11. The zero-order chi connectivity index (χ0) is 24.1.